The Labute approximate surface area is 203 Å². The van der Waals surface area contributed by atoms with Crippen LogP contribution in [0.3, 0.4) is 0 Å². The van der Waals surface area contributed by atoms with Crippen molar-refractivity contribution in [3.8, 4) is 0 Å². The van der Waals surface area contributed by atoms with Gasteiger partial charge in [0.2, 0.25) is 5.82 Å². The van der Waals surface area contributed by atoms with Gasteiger partial charge in [0.1, 0.15) is 0 Å². The average molecular weight is 475 g/mol. The molecule has 3 saturated heterocycles. The molecule has 0 spiro atoms. The molecular weight excluding hydrogens is 444 g/mol. The Morgan fingerprint density at radius 1 is 1.17 bits per heavy atom. The van der Waals surface area contributed by atoms with Gasteiger partial charge in [-0.25, -0.2) is 9.50 Å². The number of benzene rings is 1. The van der Waals surface area contributed by atoms with E-state index >= 15 is 0 Å². The number of aryl methyl sites for hydroxylation is 1. The number of hydrogen-bond donors (Lipinski definition) is 2. The second-order valence-electron chi connectivity index (χ2n) is 10.6. The van der Waals surface area contributed by atoms with Gasteiger partial charge in [-0.1, -0.05) is 37.3 Å². The average Bonchev–Trinajstić information content (AvgIpc) is 3.61. The third kappa shape index (κ3) is 3.40. The molecular formula is C26H30N6O3. The van der Waals surface area contributed by atoms with Crippen molar-refractivity contribution in [3.63, 3.8) is 0 Å². The number of hydrogen-bond acceptors (Lipinski definition) is 6. The van der Waals surface area contributed by atoms with Gasteiger partial charge in [0.15, 0.2) is 11.2 Å². The predicted molar refractivity (Wildman–Crippen MR) is 131 cm³/mol. The number of pyridine rings is 1. The van der Waals surface area contributed by atoms with E-state index in [0.29, 0.717) is 25.1 Å². The lowest BCUT2D eigenvalue weighted by atomic mass is 9.68. The molecule has 4 aliphatic rings. The maximum atomic E-state index is 13.0. The van der Waals surface area contributed by atoms with E-state index in [2.05, 4.69) is 68.9 Å². The van der Waals surface area contributed by atoms with E-state index in [-0.39, 0.29) is 23.1 Å². The van der Waals surface area contributed by atoms with E-state index in [1.54, 1.807) is 11.6 Å². The minimum atomic E-state index is -0.816. The van der Waals surface area contributed by atoms with Crippen molar-refractivity contribution in [3.05, 3.63) is 59.5 Å². The Morgan fingerprint density at radius 3 is 2.69 bits per heavy atom. The Bertz CT molecular complexity index is 1330. The fourth-order valence-corrected chi connectivity index (χ4v) is 6.05. The Hall–Kier alpha value is -3.46. The van der Waals surface area contributed by atoms with E-state index in [4.69, 9.17) is 4.74 Å². The molecule has 1 saturated carbocycles. The molecule has 4 fully saturated rings. The summed E-state index contributed by atoms with van der Waals surface area (Å²) in [6, 6.07) is 12.8. The Kier molecular flexibility index (Phi) is 4.73. The number of aromatic nitrogens is 3. The first kappa shape index (κ1) is 22.0. The van der Waals surface area contributed by atoms with Crippen LogP contribution in [-0.2, 0) is 14.9 Å². The molecule has 0 unspecified atom stereocenters. The summed E-state index contributed by atoms with van der Waals surface area (Å²) >= 11 is 0. The van der Waals surface area contributed by atoms with Gasteiger partial charge < -0.3 is 20.3 Å². The molecule has 2 amide bonds. The summed E-state index contributed by atoms with van der Waals surface area (Å²) in [5.74, 6) is -0.359. The topological polar surface area (TPSA) is 101 Å². The first-order chi connectivity index (χ1) is 16.7. The molecule has 2 N–H and O–H groups in total. The molecule has 7 rings (SSSR count). The van der Waals surface area contributed by atoms with E-state index in [0.717, 1.165) is 30.8 Å². The van der Waals surface area contributed by atoms with E-state index in [1.807, 2.05) is 13.1 Å². The molecule has 0 radical (unpaired) electrons. The summed E-state index contributed by atoms with van der Waals surface area (Å²) in [5, 5.41) is 10.2. The SMILES string of the molecule is CNC(=O)C12CC(NC(=O)c3nc4c(C)cc(N5CC[C@](C)(c6ccccc6)C5)cn4n3)(CO1)C2. The predicted octanol–water partition coefficient (Wildman–Crippen LogP) is 1.98. The van der Waals surface area contributed by atoms with Crippen LogP contribution in [0, 0.1) is 6.92 Å². The molecule has 9 heteroatoms. The van der Waals surface area contributed by atoms with Crippen LogP contribution in [0.1, 0.15) is 47.9 Å². The Balaban J connectivity index is 1.20. The van der Waals surface area contributed by atoms with Crippen LogP contribution in [0.2, 0.25) is 0 Å². The first-order valence-corrected chi connectivity index (χ1v) is 12.1. The summed E-state index contributed by atoms with van der Waals surface area (Å²) in [5.41, 5.74) is 2.80. The zero-order chi connectivity index (χ0) is 24.4. The minimum absolute atomic E-state index is 0.0901. The van der Waals surface area contributed by atoms with Gasteiger partial charge in [-0.15, -0.1) is 5.10 Å². The van der Waals surface area contributed by atoms with Crippen LogP contribution in [0.4, 0.5) is 5.69 Å². The smallest absolute Gasteiger partial charge is 0.291 e. The third-order valence-corrected chi connectivity index (χ3v) is 8.01. The molecule has 3 aromatic rings. The lowest BCUT2D eigenvalue weighted by Crippen LogP contribution is -2.64. The highest BCUT2D eigenvalue weighted by Gasteiger charge is 2.67. The van der Waals surface area contributed by atoms with Gasteiger partial charge in [-0.3, -0.25) is 9.59 Å². The van der Waals surface area contributed by atoms with Crippen LogP contribution in [0.15, 0.2) is 42.6 Å². The highest BCUT2D eigenvalue weighted by Crippen LogP contribution is 2.51. The molecule has 1 aromatic carbocycles. The number of likely N-dealkylation sites (N-methyl/N-ethyl adjacent to an activating group) is 1. The standard InChI is InChI=1S/C26H30N6O3/c1-17-11-19(31-10-9-24(2,15-31)18-7-5-4-6-8-18)12-32-21(17)28-20(30-32)22(33)29-25-13-26(14-25,35-16-25)23(34)27-3/h4-8,11-12H,9-10,13-16H2,1-3H3,(H,27,34)(H,29,33)/t24-,25?,26?/m0/s1. The normalized spacial score (nSPS) is 29.3. The second kappa shape index (κ2) is 7.52. The summed E-state index contributed by atoms with van der Waals surface area (Å²) < 4.78 is 7.43. The number of ether oxygens (including phenoxy) is 1. The number of fused-ring (bicyclic) bond motifs is 2. The Morgan fingerprint density at radius 2 is 1.94 bits per heavy atom. The monoisotopic (exact) mass is 474 g/mol. The van der Waals surface area contributed by atoms with Crippen LogP contribution >= 0.6 is 0 Å². The molecule has 35 heavy (non-hydrogen) atoms. The van der Waals surface area contributed by atoms with Crippen molar-refractivity contribution in [1.82, 2.24) is 25.2 Å². The van der Waals surface area contributed by atoms with Gasteiger partial charge >= 0.3 is 0 Å². The van der Waals surface area contributed by atoms with Crippen molar-refractivity contribution >= 4 is 23.1 Å². The van der Waals surface area contributed by atoms with Crippen LogP contribution in [0.25, 0.3) is 5.65 Å². The fourth-order valence-electron chi connectivity index (χ4n) is 6.05. The lowest BCUT2D eigenvalue weighted by Gasteiger charge is -2.42. The van der Waals surface area contributed by atoms with Crippen molar-refractivity contribution in [2.45, 2.75) is 49.7 Å². The number of carbonyl (C=O) groups excluding carboxylic acids is 2. The number of nitrogens with one attached hydrogen (secondary N) is 2. The molecule has 182 valence electrons. The van der Waals surface area contributed by atoms with E-state index in [1.165, 1.54) is 5.56 Å². The van der Waals surface area contributed by atoms with Crippen LogP contribution in [-0.4, -0.2) is 64.3 Å². The maximum Gasteiger partial charge on any atom is 0.291 e. The van der Waals surface area contributed by atoms with Crippen molar-refractivity contribution in [1.29, 1.82) is 0 Å². The van der Waals surface area contributed by atoms with Gasteiger partial charge in [-0.05, 0) is 30.5 Å². The molecule has 1 aliphatic carbocycles. The highest BCUT2D eigenvalue weighted by molar-refractivity contribution is 5.93. The van der Waals surface area contributed by atoms with Crippen molar-refractivity contribution in [2.24, 2.45) is 0 Å². The largest absolute Gasteiger partial charge is 0.369 e. The van der Waals surface area contributed by atoms with Crippen molar-refractivity contribution < 1.29 is 14.3 Å². The number of rotatable bonds is 5. The lowest BCUT2D eigenvalue weighted by molar-refractivity contribution is -0.143. The van der Waals surface area contributed by atoms with E-state index < -0.39 is 11.1 Å². The zero-order valence-electron chi connectivity index (χ0n) is 20.3. The van der Waals surface area contributed by atoms with Gasteiger partial charge in [0, 0.05) is 38.4 Å². The summed E-state index contributed by atoms with van der Waals surface area (Å²) in [7, 11) is 1.60. The van der Waals surface area contributed by atoms with Crippen molar-refractivity contribution in [2.75, 3.05) is 31.6 Å². The number of amides is 2. The fraction of sp³-hybridized carbons (Fsp3) is 0.462. The summed E-state index contributed by atoms with van der Waals surface area (Å²) in [6.07, 6.45) is 3.97. The minimum Gasteiger partial charge on any atom is -0.369 e. The van der Waals surface area contributed by atoms with Crippen LogP contribution in [0.5, 0.6) is 0 Å². The van der Waals surface area contributed by atoms with Crippen LogP contribution < -0.4 is 15.5 Å². The van der Waals surface area contributed by atoms with E-state index in [9.17, 15) is 9.59 Å². The van der Waals surface area contributed by atoms with Gasteiger partial charge in [0.05, 0.1) is 24.0 Å². The summed E-state index contributed by atoms with van der Waals surface area (Å²) in [4.78, 5) is 32.0. The maximum absolute atomic E-state index is 13.0. The quantitative estimate of drug-likeness (QED) is 0.587. The van der Waals surface area contributed by atoms with Gasteiger partial charge in [-0.2, -0.15) is 0 Å². The molecule has 1 atom stereocenters. The zero-order valence-corrected chi connectivity index (χ0v) is 20.3. The number of nitrogens with zero attached hydrogens (tertiary/aromatic N) is 4. The third-order valence-electron chi connectivity index (χ3n) is 8.01. The molecule has 2 aromatic heterocycles. The summed E-state index contributed by atoms with van der Waals surface area (Å²) in [6.45, 7) is 6.50. The number of anilines is 1. The molecule has 5 heterocycles. The first-order valence-electron chi connectivity index (χ1n) is 12.1. The molecule has 2 bridgehead atoms. The second-order valence-corrected chi connectivity index (χ2v) is 10.6. The van der Waals surface area contributed by atoms with Gasteiger partial charge in [0.25, 0.3) is 11.8 Å². The molecule has 9 nitrogen and oxygen atoms in total. The highest BCUT2D eigenvalue weighted by atomic mass is 16.5. The molecule has 3 aliphatic heterocycles. The number of carbonyl (C=O) groups is 2.